The molecule has 0 unspecified atom stereocenters. The average Bonchev–Trinajstić information content (AvgIpc) is 2.38. The Hall–Kier alpha value is -1.40. The van der Waals surface area contributed by atoms with Crippen molar-refractivity contribution in [2.75, 3.05) is 45.3 Å². The van der Waals surface area contributed by atoms with Gasteiger partial charge in [0, 0.05) is 31.4 Å². The molecule has 0 amide bonds. The lowest BCUT2D eigenvalue weighted by Gasteiger charge is -2.39. The second-order valence-corrected chi connectivity index (χ2v) is 4.62. The summed E-state index contributed by atoms with van der Waals surface area (Å²) in [5.74, 6) is 0.867. The molecule has 18 heavy (non-hydrogen) atoms. The standard InChI is InChI=1S/C12H20N4O2/c1-9-6-11(14-12(13-9)18-3)16-5-4-15(2)10(7-16)8-17/h6,10,17H,4-5,7-8H2,1-3H3/t10-/m1/s1. The molecular formula is C12H20N4O2. The third-order valence-corrected chi connectivity index (χ3v) is 3.31. The van der Waals surface area contributed by atoms with E-state index in [0.717, 1.165) is 31.1 Å². The summed E-state index contributed by atoms with van der Waals surface area (Å²) in [6.07, 6.45) is 0. The van der Waals surface area contributed by atoms with Gasteiger partial charge in [-0.25, -0.2) is 4.98 Å². The van der Waals surface area contributed by atoms with Crippen LogP contribution in [0.4, 0.5) is 5.82 Å². The number of aromatic nitrogens is 2. The van der Waals surface area contributed by atoms with E-state index in [0.29, 0.717) is 6.01 Å². The van der Waals surface area contributed by atoms with E-state index in [1.807, 2.05) is 20.0 Å². The molecule has 2 heterocycles. The van der Waals surface area contributed by atoms with Gasteiger partial charge in [-0.2, -0.15) is 4.98 Å². The first kappa shape index (κ1) is 13.0. The minimum absolute atomic E-state index is 0.153. The summed E-state index contributed by atoms with van der Waals surface area (Å²) in [5.41, 5.74) is 0.885. The van der Waals surface area contributed by atoms with Gasteiger partial charge in [0.2, 0.25) is 0 Å². The molecule has 1 aliphatic heterocycles. The van der Waals surface area contributed by atoms with Crippen LogP contribution in [0.3, 0.4) is 0 Å². The van der Waals surface area contributed by atoms with E-state index in [-0.39, 0.29) is 12.6 Å². The number of hydrogen-bond acceptors (Lipinski definition) is 6. The highest BCUT2D eigenvalue weighted by molar-refractivity contribution is 5.41. The summed E-state index contributed by atoms with van der Waals surface area (Å²) in [6, 6.07) is 2.49. The van der Waals surface area contributed by atoms with Gasteiger partial charge in [0.05, 0.1) is 19.8 Å². The first-order chi connectivity index (χ1) is 8.63. The van der Waals surface area contributed by atoms with Crippen LogP contribution in [0.5, 0.6) is 6.01 Å². The Labute approximate surface area is 107 Å². The zero-order chi connectivity index (χ0) is 13.1. The minimum atomic E-state index is 0.153. The highest BCUT2D eigenvalue weighted by atomic mass is 16.5. The summed E-state index contributed by atoms with van der Waals surface area (Å²) in [7, 11) is 3.60. The Kier molecular flexibility index (Phi) is 3.98. The fourth-order valence-electron chi connectivity index (χ4n) is 2.13. The normalized spacial score (nSPS) is 21.1. The molecule has 100 valence electrons. The van der Waals surface area contributed by atoms with Crippen LogP contribution < -0.4 is 9.64 Å². The van der Waals surface area contributed by atoms with Crippen LogP contribution in [-0.4, -0.2) is 66.4 Å². The van der Waals surface area contributed by atoms with E-state index in [1.54, 1.807) is 7.11 Å². The number of aryl methyl sites for hydroxylation is 1. The number of nitrogens with zero attached hydrogens (tertiary/aromatic N) is 4. The fraction of sp³-hybridized carbons (Fsp3) is 0.667. The third kappa shape index (κ3) is 2.70. The Bertz CT molecular complexity index is 413. The lowest BCUT2D eigenvalue weighted by atomic mass is 10.2. The predicted molar refractivity (Wildman–Crippen MR) is 69.0 cm³/mol. The van der Waals surface area contributed by atoms with Crippen molar-refractivity contribution < 1.29 is 9.84 Å². The average molecular weight is 252 g/mol. The fourth-order valence-corrected chi connectivity index (χ4v) is 2.13. The smallest absolute Gasteiger partial charge is 0.318 e. The van der Waals surface area contributed by atoms with Crippen molar-refractivity contribution in [3.05, 3.63) is 11.8 Å². The highest BCUT2D eigenvalue weighted by Crippen LogP contribution is 2.19. The minimum Gasteiger partial charge on any atom is -0.467 e. The molecule has 6 heteroatoms. The second kappa shape index (κ2) is 5.49. The van der Waals surface area contributed by atoms with Crippen molar-refractivity contribution in [3.8, 4) is 6.01 Å². The molecule has 1 fully saturated rings. The molecule has 1 saturated heterocycles. The summed E-state index contributed by atoms with van der Waals surface area (Å²) in [4.78, 5) is 12.9. The van der Waals surface area contributed by atoms with Crippen molar-refractivity contribution in [3.63, 3.8) is 0 Å². The van der Waals surface area contributed by atoms with Crippen molar-refractivity contribution in [1.82, 2.24) is 14.9 Å². The maximum atomic E-state index is 9.36. The van der Waals surface area contributed by atoms with Crippen molar-refractivity contribution in [1.29, 1.82) is 0 Å². The summed E-state index contributed by atoms with van der Waals surface area (Å²) in [6.45, 7) is 4.66. The molecule has 0 aliphatic carbocycles. The first-order valence-corrected chi connectivity index (χ1v) is 6.09. The zero-order valence-corrected chi connectivity index (χ0v) is 11.1. The summed E-state index contributed by atoms with van der Waals surface area (Å²) in [5, 5.41) is 9.36. The topological polar surface area (TPSA) is 61.7 Å². The highest BCUT2D eigenvalue weighted by Gasteiger charge is 2.24. The Balaban J connectivity index is 2.18. The van der Waals surface area contributed by atoms with Crippen LogP contribution in [0, 0.1) is 6.92 Å². The molecule has 0 aromatic carbocycles. The van der Waals surface area contributed by atoms with E-state index in [9.17, 15) is 5.11 Å². The van der Waals surface area contributed by atoms with Crippen molar-refractivity contribution in [2.45, 2.75) is 13.0 Å². The van der Waals surface area contributed by atoms with Crippen LogP contribution in [-0.2, 0) is 0 Å². The molecule has 1 atom stereocenters. The SMILES string of the molecule is COc1nc(C)cc(N2CCN(C)[C@@H](CO)C2)n1. The van der Waals surface area contributed by atoms with E-state index >= 15 is 0 Å². The van der Waals surface area contributed by atoms with Crippen LogP contribution in [0.2, 0.25) is 0 Å². The van der Waals surface area contributed by atoms with Gasteiger partial charge >= 0.3 is 6.01 Å². The number of aliphatic hydroxyl groups is 1. The summed E-state index contributed by atoms with van der Waals surface area (Å²) < 4.78 is 5.09. The van der Waals surface area contributed by atoms with Crippen LogP contribution in [0.15, 0.2) is 6.07 Å². The first-order valence-electron chi connectivity index (χ1n) is 6.09. The van der Waals surface area contributed by atoms with Crippen molar-refractivity contribution in [2.24, 2.45) is 0 Å². The molecule has 1 aromatic heterocycles. The largest absolute Gasteiger partial charge is 0.467 e. The molecule has 0 spiro atoms. The van der Waals surface area contributed by atoms with Gasteiger partial charge in [0.25, 0.3) is 0 Å². The van der Waals surface area contributed by atoms with E-state index in [1.165, 1.54) is 0 Å². The van der Waals surface area contributed by atoms with E-state index in [2.05, 4.69) is 19.8 Å². The van der Waals surface area contributed by atoms with Crippen LogP contribution in [0.25, 0.3) is 0 Å². The van der Waals surface area contributed by atoms with Gasteiger partial charge in [0.15, 0.2) is 0 Å². The molecule has 1 aliphatic rings. The molecule has 0 saturated carbocycles. The molecule has 2 rings (SSSR count). The summed E-state index contributed by atoms with van der Waals surface area (Å²) >= 11 is 0. The van der Waals surface area contributed by atoms with Crippen molar-refractivity contribution >= 4 is 5.82 Å². The number of ether oxygens (including phenoxy) is 1. The molecular weight excluding hydrogens is 232 g/mol. The van der Waals surface area contributed by atoms with E-state index < -0.39 is 0 Å². The van der Waals surface area contributed by atoms with Gasteiger partial charge in [-0.15, -0.1) is 0 Å². The molecule has 6 nitrogen and oxygen atoms in total. The Morgan fingerprint density at radius 2 is 2.22 bits per heavy atom. The Morgan fingerprint density at radius 1 is 1.44 bits per heavy atom. The second-order valence-electron chi connectivity index (χ2n) is 4.62. The van der Waals surface area contributed by atoms with Gasteiger partial charge in [-0.05, 0) is 14.0 Å². The van der Waals surface area contributed by atoms with Gasteiger partial charge in [0.1, 0.15) is 5.82 Å². The maximum Gasteiger partial charge on any atom is 0.318 e. The quantitative estimate of drug-likeness (QED) is 0.811. The number of anilines is 1. The number of hydrogen-bond donors (Lipinski definition) is 1. The number of methoxy groups -OCH3 is 1. The zero-order valence-electron chi connectivity index (χ0n) is 11.1. The number of rotatable bonds is 3. The van der Waals surface area contributed by atoms with Gasteiger partial charge < -0.3 is 14.7 Å². The number of likely N-dealkylation sites (N-methyl/N-ethyl adjacent to an activating group) is 1. The van der Waals surface area contributed by atoms with E-state index in [4.69, 9.17) is 4.74 Å². The molecule has 0 radical (unpaired) electrons. The Morgan fingerprint density at radius 3 is 2.89 bits per heavy atom. The molecule has 1 N–H and O–H groups in total. The van der Waals surface area contributed by atoms with Crippen LogP contribution in [0.1, 0.15) is 5.69 Å². The monoisotopic (exact) mass is 252 g/mol. The van der Waals surface area contributed by atoms with Crippen LogP contribution >= 0.6 is 0 Å². The lowest BCUT2D eigenvalue weighted by Crippen LogP contribution is -2.53. The molecule has 0 bridgehead atoms. The van der Waals surface area contributed by atoms with Gasteiger partial charge in [-0.3, -0.25) is 4.90 Å². The molecule has 1 aromatic rings. The number of aliphatic hydroxyl groups excluding tert-OH is 1. The third-order valence-electron chi connectivity index (χ3n) is 3.31. The predicted octanol–water partition coefficient (Wildman–Crippen LogP) is -0.0937. The number of piperazine rings is 1. The van der Waals surface area contributed by atoms with Gasteiger partial charge in [-0.1, -0.05) is 0 Å². The lowest BCUT2D eigenvalue weighted by molar-refractivity contribution is 0.135. The maximum absolute atomic E-state index is 9.36.